The Balaban J connectivity index is 1.90. The first-order chi connectivity index (χ1) is 12.5. The quantitative estimate of drug-likeness (QED) is 0.403. The van der Waals surface area contributed by atoms with E-state index >= 15 is 0 Å². The minimum absolute atomic E-state index is 0.215. The van der Waals surface area contributed by atoms with Crippen molar-refractivity contribution in [3.05, 3.63) is 62.9 Å². The first-order valence-corrected chi connectivity index (χ1v) is 9.82. The first-order valence-electron chi connectivity index (χ1n) is 8.36. The summed E-state index contributed by atoms with van der Waals surface area (Å²) in [4.78, 5) is 18.3. The van der Waals surface area contributed by atoms with Gasteiger partial charge < -0.3 is 4.57 Å². The number of nitrogens with zero attached hydrogens (tertiary/aromatic N) is 5. The molecule has 0 bridgehead atoms. The second kappa shape index (κ2) is 6.74. The fraction of sp³-hybridized carbons (Fsp3) is 0.263. The van der Waals surface area contributed by atoms with Gasteiger partial charge in [-0.3, -0.25) is 4.99 Å². The van der Waals surface area contributed by atoms with E-state index < -0.39 is 5.54 Å². The minimum atomic E-state index is -0.620. The molecule has 0 radical (unpaired) electrons. The maximum Gasteiger partial charge on any atom is 0.224 e. The summed E-state index contributed by atoms with van der Waals surface area (Å²) in [6, 6.07) is 8.64. The zero-order valence-electron chi connectivity index (χ0n) is 14.4. The minimum Gasteiger partial charge on any atom is -0.313 e. The Morgan fingerprint density at radius 1 is 1.27 bits per heavy atom. The maximum absolute atomic E-state index is 6.29. The maximum atomic E-state index is 6.29. The standard InChI is InChI=1S/C19H17ClIN5/c1-12(2)26-11-22-15-16(24-18(20)25-17(15)26)19(7-4-8-23-19)10-13-5-3-6-14(21)9-13/h3-9,11-12H,10H2,1-2H3. The number of rotatable bonds is 4. The van der Waals surface area contributed by atoms with E-state index in [1.807, 2.05) is 16.9 Å². The van der Waals surface area contributed by atoms with E-state index in [2.05, 4.69) is 81.7 Å². The van der Waals surface area contributed by atoms with Crippen LogP contribution in [0.25, 0.3) is 11.2 Å². The first kappa shape index (κ1) is 17.6. The SMILES string of the molecule is CC(C)n1cnc2c(C3(Cc4cccc(I)c4)C=CC=N3)nc(Cl)nc21. The third-order valence-corrected chi connectivity index (χ3v) is 5.33. The number of halogens is 2. The van der Waals surface area contributed by atoms with Crippen molar-refractivity contribution >= 4 is 51.6 Å². The van der Waals surface area contributed by atoms with Crippen molar-refractivity contribution in [1.82, 2.24) is 19.5 Å². The largest absolute Gasteiger partial charge is 0.313 e. The molecule has 1 atom stereocenters. The second-order valence-electron chi connectivity index (χ2n) is 6.63. The van der Waals surface area contributed by atoms with E-state index in [1.165, 1.54) is 9.13 Å². The van der Waals surface area contributed by atoms with Gasteiger partial charge in [0, 0.05) is 22.2 Å². The number of benzene rings is 1. The van der Waals surface area contributed by atoms with Gasteiger partial charge in [-0.1, -0.05) is 12.1 Å². The Bertz CT molecular complexity index is 1030. The fourth-order valence-corrected chi connectivity index (χ4v) is 4.05. The van der Waals surface area contributed by atoms with E-state index in [0.717, 1.165) is 16.9 Å². The summed E-state index contributed by atoms with van der Waals surface area (Å²) in [7, 11) is 0. The van der Waals surface area contributed by atoms with E-state index in [1.54, 1.807) is 6.33 Å². The molecular formula is C19H17ClIN5. The smallest absolute Gasteiger partial charge is 0.224 e. The number of imidazole rings is 1. The molecule has 0 fully saturated rings. The highest BCUT2D eigenvalue weighted by Crippen LogP contribution is 2.37. The molecule has 0 amide bonds. The average Bonchev–Trinajstić information content (AvgIpc) is 3.21. The molecule has 5 nitrogen and oxygen atoms in total. The van der Waals surface area contributed by atoms with Gasteiger partial charge in [-0.25, -0.2) is 9.97 Å². The zero-order chi connectivity index (χ0) is 18.3. The van der Waals surface area contributed by atoms with Crippen LogP contribution < -0.4 is 0 Å². The molecule has 0 aliphatic carbocycles. The molecule has 0 spiro atoms. The second-order valence-corrected chi connectivity index (χ2v) is 8.21. The topological polar surface area (TPSA) is 56.0 Å². The lowest BCUT2D eigenvalue weighted by molar-refractivity contribution is 0.556. The highest BCUT2D eigenvalue weighted by Gasteiger charge is 2.36. The van der Waals surface area contributed by atoms with Gasteiger partial charge in [-0.2, -0.15) is 4.98 Å². The van der Waals surface area contributed by atoms with Crippen LogP contribution in [-0.4, -0.2) is 25.7 Å². The number of fused-ring (bicyclic) bond motifs is 1. The van der Waals surface area contributed by atoms with E-state index in [4.69, 9.17) is 16.6 Å². The molecule has 0 saturated carbocycles. The summed E-state index contributed by atoms with van der Waals surface area (Å²) >= 11 is 8.61. The Labute approximate surface area is 170 Å². The fourth-order valence-electron chi connectivity index (χ4n) is 3.28. The number of aromatic nitrogens is 4. The average molecular weight is 478 g/mol. The lowest BCUT2D eigenvalue weighted by Crippen LogP contribution is -2.25. The Morgan fingerprint density at radius 2 is 2.12 bits per heavy atom. The molecule has 7 heteroatoms. The number of aliphatic imine (C=N–C) groups is 1. The molecule has 3 heterocycles. The van der Waals surface area contributed by atoms with Crippen LogP contribution in [0.15, 0.2) is 47.7 Å². The van der Waals surface area contributed by atoms with E-state index in [0.29, 0.717) is 6.42 Å². The van der Waals surface area contributed by atoms with Gasteiger partial charge in [0.2, 0.25) is 5.28 Å². The molecule has 132 valence electrons. The van der Waals surface area contributed by atoms with Crippen LogP contribution in [0.1, 0.15) is 31.1 Å². The number of hydrogen-bond acceptors (Lipinski definition) is 4. The summed E-state index contributed by atoms with van der Waals surface area (Å²) in [6.07, 6.45) is 8.32. The molecule has 1 unspecified atom stereocenters. The number of hydrogen-bond donors (Lipinski definition) is 0. The highest BCUT2D eigenvalue weighted by molar-refractivity contribution is 14.1. The van der Waals surface area contributed by atoms with Crippen molar-refractivity contribution in [3.63, 3.8) is 0 Å². The molecule has 0 saturated heterocycles. The van der Waals surface area contributed by atoms with E-state index in [-0.39, 0.29) is 11.3 Å². The molecule has 2 aromatic heterocycles. The van der Waals surface area contributed by atoms with Crippen LogP contribution in [0.2, 0.25) is 5.28 Å². The summed E-state index contributed by atoms with van der Waals surface area (Å²) in [6.45, 7) is 4.18. The Morgan fingerprint density at radius 3 is 2.81 bits per heavy atom. The van der Waals surface area contributed by atoms with Crippen molar-refractivity contribution in [1.29, 1.82) is 0 Å². The third-order valence-electron chi connectivity index (χ3n) is 4.49. The van der Waals surface area contributed by atoms with Gasteiger partial charge in [0.25, 0.3) is 0 Å². The van der Waals surface area contributed by atoms with Crippen LogP contribution in [0.3, 0.4) is 0 Å². The van der Waals surface area contributed by atoms with Gasteiger partial charge in [-0.15, -0.1) is 0 Å². The Hall–Kier alpha value is -1.80. The normalized spacial score (nSPS) is 19.1. The number of allylic oxidation sites excluding steroid dienone is 1. The predicted molar refractivity (Wildman–Crippen MR) is 113 cm³/mol. The van der Waals surface area contributed by atoms with Gasteiger partial charge in [0.1, 0.15) is 16.7 Å². The van der Waals surface area contributed by atoms with Crippen molar-refractivity contribution in [2.24, 2.45) is 4.99 Å². The van der Waals surface area contributed by atoms with Crippen LogP contribution >= 0.6 is 34.2 Å². The Kier molecular flexibility index (Phi) is 4.56. The summed E-state index contributed by atoms with van der Waals surface area (Å²) in [5.41, 5.74) is 2.80. The summed E-state index contributed by atoms with van der Waals surface area (Å²) in [5.74, 6) is 0. The zero-order valence-corrected chi connectivity index (χ0v) is 17.3. The highest BCUT2D eigenvalue weighted by atomic mass is 127. The molecule has 26 heavy (non-hydrogen) atoms. The molecule has 3 aromatic rings. The molecular weight excluding hydrogens is 461 g/mol. The van der Waals surface area contributed by atoms with Gasteiger partial charge in [0.15, 0.2) is 5.65 Å². The van der Waals surface area contributed by atoms with Crippen molar-refractivity contribution in [2.75, 3.05) is 0 Å². The van der Waals surface area contributed by atoms with Gasteiger partial charge in [-0.05, 0) is 77.9 Å². The van der Waals surface area contributed by atoms with Crippen molar-refractivity contribution < 1.29 is 0 Å². The van der Waals surface area contributed by atoms with Crippen molar-refractivity contribution in [3.8, 4) is 0 Å². The molecule has 1 aliphatic rings. The molecule has 4 rings (SSSR count). The summed E-state index contributed by atoms with van der Waals surface area (Å²) < 4.78 is 3.20. The van der Waals surface area contributed by atoms with Crippen molar-refractivity contribution in [2.45, 2.75) is 31.8 Å². The molecule has 1 aliphatic heterocycles. The molecule has 0 N–H and O–H groups in total. The lowest BCUT2D eigenvalue weighted by atomic mass is 9.88. The monoisotopic (exact) mass is 477 g/mol. The predicted octanol–water partition coefficient (Wildman–Crippen LogP) is 4.74. The molecule has 1 aromatic carbocycles. The van der Waals surface area contributed by atoms with Gasteiger partial charge in [0.05, 0.1) is 6.33 Å². The van der Waals surface area contributed by atoms with Crippen LogP contribution in [-0.2, 0) is 12.0 Å². The van der Waals surface area contributed by atoms with Crippen LogP contribution in [0.5, 0.6) is 0 Å². The third kappa shape index (κ3) is 3.05. The summed E-state index contributed by atoms with van der Waals surface area (Å²) in [5, 5.41) is 0.215. The van der Waals surface area contributed by atoms with E-state index in [9.17, 15) is 0 Å². The van der Waals surface area contributed by atoms with Crippen LogP contribution in [0.4, 0.5) is 0 Å². The van der Waals surface area contributed by atoms with Gasteiger partial charge >= 0.3 is 0 Å². The lowest BCUT2D eigenvalue weighted by Gasteiger charge is -2.24. The van der Waals surface area contributed by atoms with Crippen LogP contribution in [0, 0.1) is 3.57 Å².